The number of hydrogen-bond donors (Lipinski definition) is 0. The number of halogens is 3. The Hall–Kier alpha value is -2.64. The van der Waals surface area contributed by atoms with Crippen LogP contribution in [0.5, 0.6) is 5.75 Å². The Morgan fingerprint density at radius 2 is 1.86 bits per heavy atom. The normalized spacial score (nSPS) is 11.8. The van der Waals surface area contributed by atoms with Crippen molar-refractivity contribution in [2.75, 3.05) is 6.61 Å². The Balaban J connectivity index is 2.04. The summed E-state index contributed by atoms with van der Waals surface area (Å²) in [7, 11) is 0. The Labute approximate surface area is 123 Å². The van der Waals surface area contributed by atoms with Crippen LogP contribution in [-0.4, -0.2) is 26.2 Å². The Kier molecular flexibility index (Phi) is 3.44. The predicted molar refractivity (Wildman–Crippen MR) is 72.4 cm³/mol. The van der Waals surface area contributed by atoms with Crippen molar-refractivity contribution in [1.82, 2.24) is 19.6 Å². The molecule has 3 rings (SSSR count). The fourth-order valence-corrected chi connectivity index (χ4v) is 2.03. The molecule has 0 fully saturated rings. The Morgan fingerprint density at radius 3 is 2.50 bits per heavy atom. The highest BCUT2D eigenvalue weighted by atomic mass is 19.4. The molecule has 0 bridgehead atoms. The molecule has 114 valence electrons. The van der Waals surface area contributed by atoms with E-state index in [1.54, 1.807) is 24.3 Å². The fourth-order valence-electron chi connectivity index (χ4n) is 2.03. The molecule has 5 nitrogen and oxygen atoms in total. The monoisotopic (exact) mass is 308 g/mol. The van der Waals surface area contributed by atoms with Crippen molar-refractivity contribution in [3.63, 3.8) is 0 Å². The van der Waals surface area contributed by atoms with Crippen molar-refractivity contribution >= 4 is 5.65 Å². The second-order valence-corrected chi connectivity index (χ2v) is 4.48. The Bertz CT molecular complexity index is 796. The van der Waals surface area contributed by atoms with Crippen LogP contribution in [0.2, 0.25) is 0 Å². The number of ether oxygens (including phenoxy) is 1. The van der Waals surface area contributed by atoms with Crippen LogP contribution in [0.4, 0.5) is 13.2 Å². The molecule has 0 spiro atoms. The van der Waals surface area contributed by atoms with Crippen LogP contribution in [0.15, 0.2) is 36.7 Å². The van der Waals surface area contributed by atoms with Gasteiger partial charge >= 0.3 is 6.18 Å². The maximum atomic E-state index is 12.9. The van der Waals surface area contributed by atoms with Gasteiger partial charge in [0.25, 0.3) is 0 Å². The van der Waals surface area contributed by atoms with Crippen LogP contribution in [-0.2, 0) is 6.18 Å². The van der Waals surface area contributed by atoms with Gasteiger partial charge in [-0.2, -0.15) is 13.2 Å². The van der Waals surface area contributed by atoms with Gasteiger partial charge in [-0.15, -0.1) is 10.2 Å². The highest BCUT2D eigenvalue weighted by Gasteiger charge is 2.37. The largest absolute Gasteiger partial charge is 0.494 e. The minimum absolute atomic E-state index is 0.0435. The van der Waals surface area contributed by atoms with E-state index < -0.39 is 12.0 Å². The Morgan fingerprint density at radius 1 is 1.14 bits per heavy atom. The zero-order chi connectivity index (χ0) is 15.7. The first-order valence-corrected chi connectivity index (χ1v) is 6.50. The molecule has 2 aromatic heterocycles. The van der Waals surface area contributed by atoms with E-state index in [0.717, 1.165) is 4.40 Å². The topological polar surface area (TPSA) is 52.3 Å². The minimum atomic E-state index is -4.57. The summed E-state index contributed by atoms with van der Waals surface area (Å²) in [5, 5.41) is 6.64. The van der Waals surface area contributed by atoms with Crippen molar-refractivity contribution < 1.29 is 17.9 Å². The summed E-state index contributed by atoms with van der Waals surface area (Å²) in [6, 6.07) is 6.94. The van der Waals surface area contributed by atoms with Gasteiger partial charge in [0.05, 0.1) is 18.5 Å². The summed E-state index contributed by atoms with van der Waals surface area (Å²) in [5.74, 6) is -0.385. The van der Waals surface area contributed by atoms with Crippen molar-refractivity contribution in [2.45, 2.75) is 13.1 Å². The van der Waals surface area contributed by atoms with Crippen molar-refractivity contribution in [3.05, 3.63) is 42.5 Å². The summed E-state index contributed by atoms with van der Waals surface area (Å²) >= 11 is 0. The van der Waals surface area contributed by atoms with Gasteiger partial charge in [-0.25, -0.2) is 0 Å². The van der Waals surface area contributed by atoms with Gasteiger partial charge in [-0.1, -0.05) is 0 Å². The van der Waals surface area contributed by atoms with Gasteiger partial charge < -0.3 is 4.74 Å². The number of hydrogen-bond acceptors (Lipinski definition) is 4. The molecule has 0 N–H and O–H groups in total. The van der Waals surface area contributed by atoms with Crippen molar-refractivity contribution in [3.8, 4) is 17.0 Å². The molecule has 0 aliphatic carbocycles. The average Bonchev–Trinajstić information content (AvgIpc) is 2.91. The number of alkyl halides is 3. The van der Waals surface area contributed by atoms with E-state index in [0.29, 0.717) is 23.6 Å². The van der Waals surface area contributed by atoms with Crippen molar-refractivity contribution in [2.24, 2.45) is 0 Å². The van der Waals surface area contributed by atoms with E-state index in [1.807, 2.05) is 6.92 Å². The summed E-state index contributed by atoms with van der Waals surface area (Å²) in [6.07, 6.45) is -2.04. The molecule has 0 atom stereocenters. The molecule has 22 heavy (non-hydrogen) atoms. The molecule has 8 heteroatoms. The molecule has 3 aromatic rings. The molecular formula is C14H11F3N4O. The number of fused-ring (bicyclic) bond motifs is 1. The molecular weight excluding hydrogens is 297 g/mol. The zero-order valence-corrected chi connectivity index (χ0v) is 11.5. The highest BCUT2D eigenvalue weighted by molar-refractivity contribution is 5.60. The zero-order valence-electron chi connectivity index (χ0n) is 11.5. The third kappa shape index (κ3) is 2.59. The molecule has 0 saturated carbocycles. The van der Waals surface area contributed by atoms with Crippen LogP contribution in [0.25, 0.3) is 16.9 Å². The van der Waals surface area contributed by atoms with Crippen molar-refractivity contribution in [1.29, 1.82) is 0 Å². The lowest BCUT2D eigenvalue weighted by atomic mass is 10.1. The standard InChI is InChI=1S/C14H11F3N4O/c1-2-22-10-5-3-9(4-6-10)11-8-21-12(7-18-11)19-20-13(21)14(15,16)17/h3-8H,2H2,1H3. The summed E-state index contributed by atoms with van der Waals surface area (Å²) in [4.78, 5) is 4.12. The molecule has 1 aromatic carbocycles. The summed E-state index contributed by atoms with van der Waals surface area (Å²) in [6.45, 7) is 2.41. The van der Waals surface area contributed by atoms with E-state index >= 15 is 0 Å². The highest BCUT2D eigenvalue weighted by Crippen LogP contribution is 2.29. The van der Waals surface area contributed by atoms with Gasteiger partial charge in [0.1, 0.15) is 5.75 Å². The first-order chi connectivity index (χ1) is 10.5. The predicted octanol–water partition coefficient (Wildman–Crippen LogP) is 3.21. The van der Waals surface area contributed by atoms with E-state index in [1.165, 1.54) is 12.4 Å². The van der Waals surface area contributed by atoms with Gasteiger partial charge in [0.2, 0.25) is 5.82 Å². The number of aromatic nitrogens is 4. The quantitative estimate of drug-likeness (QED) is 0.745. The maximum absolute atomic E-state index is 12.9. The summed E-state index contributed by atoms with van der Waals surface area (Å²) < 4.78 is 44.8. The third-order valence-corrected chi connectivity index (χ3v) is 3.01. The SMILES string of the molecule is CCOc1ccc(-c2cn3c(C(F)(F)F)nnc3cn2)cc1. The molecule has 0 unspecified atom stereocenters. The molecule has 0 aliphatic heterocycles. The lowest BCUT2D eigenvalue weighted by molar-refractivity contribution is -0.145. The van der Waals surface area contributed by atoms with Gasteiger partial charge in [0, 0.05) is 11.8 Å². The average molecular weight is 308 g/mol. The van der Waals surface area contributed by atoms with E-state index in [4.69, 9.17) is 4.74 Å². The lowest BCUT2D eigenvalue weighted by Crippen LogP contribution is -2.11. The number of benzene rings is 1. The van der Waals surface area contributed by atoms with Crippen LogP contribution < -0.4 is 4.74 Å². The van der Waals surface area contributed by atoms with Gasteiger partial charge in [-0.3, -0.25) is 9.38 Å². The van der Waals surface area contributed by atoms with E-state index in [2.05, 4.69) is 15.2 Å². The second kappa shape index (κ2) is 5.28. The molecule has 0 aliphatic rings. The van der Waals surface area contributed by atoms with Gasteiger partial charge in [-0.05, 0) is 31.2 Å². The number of rotatable bonds is 3. The number of nitrogens with zero attached hydrogens (tertiary/aromatic N) is 4. The van der Waals surface area contributed by atoms with Crippen LogP contribution in [0.1, 0.15) is 12.7 Å². The van der Waals surface area contributed by atoms with E-state index in [-0.39, 0.29) is 5.65 Å². The molecule has 0 saturated heterocycles. The molecule has 0 amide bonds. The van der Waals surface area contributed by atoms with Crippen LogP contribution >= 0.6 is 0 Å². The summed E-state index contributed by atoms with van der Waals surface area (Å²) in [5.41, 5.74) is 1.11. The molecule has 2 heterocycles. The van der Waals surface area contributed by atoms with Crippen LogP contribution in [0, 0.1) is 0 Å². The first-order valence-electron chi connectivity index (χ1n) is 6.50. The first kappa shape index (κ1) is 14.3. The third-order valence-electron chi connectivity index (χ3n) is 3.01. The van der Waals surface area contributed by atoms with E-state index in [9.17, 15) is 13.2 Å². The van der Waals surface area contributed by atoms with Gasteiger partial charge in [0.15, 0.2) is 5.65 Å². The smallest absolute Gasteiger partial charge is 0.452 e. The lowest BCUT2D eigenvalue weighted by Gasteiger charge is -2.07. The molecule has 0 radical (unpaired) electrons. The maximum Gasteiger partial charge on any atom is 0.452 e. The second-order valence-electron chi connectivity index (χ2n) is 4.48. The minimum Gasteiger partial charge on any atom is -0.494 e. The van der Waals surface area contributed by atoms with Crippen LogP contribution in [0.3, 0.4) is 0 Å². The fraction of sp³-hybridized carbons (Fsp3) is 0.214.